The fourth-order valence-electron chi connectivity index (χ4n) is 3.01. The van der Waals surface area contributed by atoms with Gasteiger partial charge in [0.25, 0.3) is 11.1 Å². The number of thiazole rings is 1. The van der Waals surface area contributed by atoms with E-state index in [2.05, 4.69) is 10.1 Å². The fourth-order valence-corrected chi connectivity index (χ4v) is 3.92. The third-order valence-electron chi connectivity index (χ3n) is 4.47. The Morgan fingerprint density at radius 1 is 1.16 bits per heavy atom. The third kappa shape index (κ3) is 4.40. The van der Waals surface area contributed by atoms with Crippen LogP contribution in [0.5, 0.6) is 11.5 Å². The van der Waals surface area contributed by atoms with Crippen LogP contribution in [0.1, 0.15) is 23.7 Å². The van der Waals surface area contributed by atoms with Crippen molar-refractivity contribution in [2.75, 3.05) is 7.11 Å². The molecule has 0 bridgehead atoms. The summed E-state index contributed by atoms with van der Waals surface area (Å²) in [5.41, 5.74) is 0.404. The van der Waals surface area contributed by atoms with E-state index < -0.39 is 17.1 Å². The minimum Gasteiger partial charge on any atom is -0.493 e. The molecule has 162 valence electrons. The minimum absolute atomic E-state index is 0.0861. The smallest absolute Gasteiger partial charge is 0.308 e. The van der Waals surface area contributed by atoms with Gasteiger partial charge in [0.05, 0.1) is 11.6 Å². The highest BCUT2D eigenvalue weighted by Crippen LogP contribution is 2.28. The van der Waals surface area contributed by atoms with Gasteiger partial charge in [-0.3, -0.25) is 14.4 Å². The van der Waals surface area contributed by atoms with Crippen LogP contribution in [-0.2, 0) is 11.2 Å². The molecule has 0 aliphatic carbocycles. The van der Waals surface area contributed by atoms with Crippen molar-refractivity contribution < 1.29 is 18.7 Å². The van der Waals surface area contributed by atoms with Crippen LogP contribution in [0.25, 0.3) is 11.0 Å². The Labute approximate surface area is 184 Å². The molecule has 0 saturated heterocycles. The Balaban J connectivity index is 1.74. The number of carbonyl (C=O) groups is 1. The monoisotopic (exact) mass is 453 g/mol. The van der Waals surface area contributed by atoms with Gasteiger partial charge in [-0.15, -0.1) is 0 Å². The first kappa shape index (κ1) is 21.3. The second kappa shape index (κ2) is 8.67. The maximum Gasteiger partial charge on any atom is 0.308 e. The van der Waals surface area contributed by atoms with Gasteiger partial charge in [0.2, 0.25) is 4.96 Å². The Morgan fingerprint density at radius 2 is 1.91 bits per heavy atom. The van der Waals surface area contributed by atoms with Crippen LogP contribution in [0, 0.1) is 5.82 Å². The van der Waals surface area contributed by atoms with E-state index in [4.69, 9.17) is 9.47 Å². The highest BCUT2D eigenvalue weighted by atomic mass is 32.1. The summed E-state index contributed by atoms with van der Waals surface area (Å²) in [4.78, 5) is 40.6. The number of aromatic nitrogens is 3. The van der Waals surface area contributed by atoms with Crippen LogP contribution in [-0.4, -0.2) is 27.7 Å². The maximum atomic E-state index is 13.1. The molecule has 0 aliphatic rings. The van der Waals surface area contributed by atoms with Crippen LogP contribution in [0.15, 0.2) is 52.1 Å². The van der Waals surface area contributed by atoms with Gasteiger partial charge in [-0.25, -0.2) is 4.39 Å². The molecule has 2 heterocycles. The number of esters is 1. The predicted octanol–water partition coefficient (Wildman–Crippen LogP) is 1.72. The van der Waals surface area contributed by atoms with Crippen LogP contribution in [0.4, 0.5) is 4.39 Å². The summed E-state index contributed by atoms with van der Waals surface area (Å²) in [5, 5.41) is 4.18. The van der Waals surface area contributed by atoms with Crippen molar-refractivity contribution in [3.05, 3.63) is 90.3 Å². The zero-order valence-electron chi connectivity index (χ0n) is 17.0. The minimum atomic E-state index is -0.547. The molecule has 32 heavy (non-hydrogen) atoms. The molecule has 4 rings (SSSR count). The van der Waals surface area contributed by atoms with Crippen LogP contribution < -0.4 is 25.1 Å². The second-order valence-corrected chi connectivity index (χ2v) is 7.79. The number of carbonyl (C=O) groups excluding carboxylic acids is 1. The Bertz CT molecular complexity index is 1500. The lowest BCUT2D eigenvalue weighted by Crippen LogP contribution is -2.28. The molecule has 8 nitrogen and oxygen atoms in total. The average molecular weight is 453 g/mol. The molecule has 2 aromatic carbocycles. The van der Waals surface area contributed by atoms with E-state index in [1.165, 1.54) is 26.2 Å². The van der Waals surface area contributed by atoms with E-state index in [0.717, 1.165) is 15.9 Å². The number of methoxy groups -OCH3 is 1. The number of rotatable bonds is 5. The predicted molar refractivity (Wildman–Crippen MR) is 116 cm³/mol. The molecule has 0 N–H and O–H groups in total. The Kier molecular flexibility index (Phi) is 5.78. The average Bonchev–Trinajstić information content (AvgIpc) is 3.05. The maximum absolute atomic E-state index is 13.1. The first-order valence-electron chi connectivity index (χ1n) is 9.39. The van der Waals surface area contributed by atoms with E-state index in [0.29, 0.717) is 21.4 Å². The summed E-state index contributed by atoms with van der Waals surface area (Å²) in [6.45, 7) is 1.28. The van der Waals surface area contributed by atoms with Crippen molar-refractivity contribution in [2.24, 2.45) is 0 Å². The van der Waals surface area contributed by atoms with Crippen LogP contribution >= 0.6 is 11.3 Å². The molecule has 0 fully saturated rings. The van der Waals surface area contributed by atoms with Gasteiger partial charge in [0, 0.05) is 13.3 Å². The SMILES string of the molecule is COc1cc(C=c2sc3nc(=O)c(Cc4ccc(F)cc4)nn3c2=O)ccc1OC(C)=O. The Morgan fingerprint density at radius 3 is 2.59 bits per heavy atom. The van der Waals surface area contributed by atoms with Crippen molar-refractivity contribution in [3.8, 4) is 11.5 Å². The van der Waals surface area contributed by atoms with Gasteiger partial charge in [-0.05, 0) is 41.5 Å². The standard InChI is InChI=1S/C22H16FN3O5S/c1-12(27)31-17-8-5-14(10-18(17)30-2)11-19-21(29)26-22(32-19)24-20(28)16(25-26)9-13-3-6-15(23)7-4-13/h3-8,10-11H,9H2,1-2H3. The number of nitrogens with zero attached hydrogens (tertiary/aromatic N) is 3. The largest absolute Gasteiger partial charge is 0.493 e. The lowest BCUT2D eigenvalue weighted by Gasteiger charge is -2.08. The number of ether oxygens (including phenoxy) is 2. The summed E-state index contributed by atoms with van der Waals surface area (Å²) in [7, 11) is 1.44. The van der Waals surface area contributed by atoms with Gasteiger partial charge in [-0.1, -0.05) is 29.5 Å². The number of halogens is 1. The first-order valence-corrected chi connectivity index (χ1v) is 10.2. The summed E-state index contributed by atoms with van der Waals surface area (Å²) in [5.74, 6) is -0.279. The topological polar surface area (TPSA) is 99.9 Å². The highest BCUT2D eigenvalue weighted by Gasteiger charge is 2.13. The van der Waals surface area contributed by atoms with Gasteiger partial charge in [0.1, 0.15) is 11.5 Å². The summed E-state index contributed by atoms with van der Waals surface area (Å²) in [6, 6.07) is 10.5. The summed E-state index contributed by atoms with van der Waals surface area (Å²) in [6.07, 6.45) is 1.73. The molecule has 0 saturated carbocycles. The van der Waals surface area contributed by atoms with Gasteiger partial charge >= 0.3 is 5.97 Å². The highest BCUT2D eigenvalue weighted by molar-refractivity contribution is 7.15. The van der Waals surface area contributed by atoms with Crippen LogP contribution in [0.3, 0.4) is 0 Å². The number of benzene rings is 2. The lowest BCUT2D eigenvalue weighted by molar-refractivity contribution is -0.132. The molecule has 0 atom stereocenters. The molecule has 2 aromatic heterocycles. The normalized spacial score (nSPS) is 11.7. The molecule has 10 heteroatoms. The number of hydrogen-bond donors (Lipinski definition) is 0. The molecule has 0 unspecified atom stereocenters. The first-order chi connectivity index (χ1) is 15.3. The summed E-state index contributed by atoms with van der Waals surface area (Å²) >= 11 is 1.02. The van der Waals surface area contributed by atoms with Crippen molar-refractivity contribution in [1.29, 1.82) is 0 Å². The van der Waals surface area contributed by atoms with Gasteiger partial charge < -0.3 is 9.47 Å². The molecule has 0 aliphatic heterocycles. The quantitative estimate of drug-likeness (QED) is 0.335. The van der Waals surface area contributed by atoms with E-state index in [-0.39, 0.29) is 28.6 Å². The molecular weight excluding hydrogens is 437 g/mol. The van der Waals surface area contributed by atoms with Gasteiger partial charge in [-0.2, -0.15) is 14.6 Å². The molecular formula is C22H16FN3O5S. The molecule has 0 radical (unpaired) electrons. The van der Waals surface area contributed by atoms with Crippen LogP contribution in [0.2, 0.25) is 0 Å². The van der Waals surface area contributed by atoms with Crippen molar-refractivity contribution in [3.63, 3.8) is 0 Å². The van der Waals surface area contributed by atoms with E-state index in [1.807, 2.05) is 0 Å². The fraction of sp³-hybridized carbons (Fsp3) is 0.136. The summed E-state index contributed by atoms with van der Waals surface area (Å²) < 4.78 is 24.8. The van der Waals surface area contributed by atoms with E-state index in [9.17, 15) is 18.8 Å². The van der Waals surface area contributed by atoms with Crippen molar-refractivity contribution >= 4 is 28.3 Å². The Hall–Kier alpha value is -3.92. The van der Waals surface area contributed by atoms with E-state index in [1.54, 1.807) is 36.4 Å². The second-order valence-electron chi connectivity index (χ2n) is 6.78. The van der Waals surface area contributed by atoms with Crippen molar-refractivity contribution in [1.82, 2.24) is 14.6 Å². The molecule has 0 spiro atoms. The van der Waals surface area contributed by atoms with Crippen molar-refractivity contribution in [2.45, 2.75) is 13.3 Å². The molecule has 4 aromatic rings. The number of hydrogen-bond acceptors (Lipinski definition) is 8. The molecule has 0 amide bonds. The van der Waals surface area contributed by atoms with Gasteiger partial charge in [0.15, 0.2) is 11.5 Å². The third-order valence-corrected chi connectivity index (χ3v) is 5.43. The zero-order valence-corrected chi connectivity index (χ0v) is 17.8. The zero-order chi connectivity index (χ0) is 22.8. The lowest BCUT2D eigenvalue weighted by atomic mass is 10.1. The number of fused-ring (bicyclic) bond motifs is 1. The van der Waals surface area contributed by atoms with E-state index >= 15 is 0 Å².